The summed E-state index contributed by atoms with van der Waals surface area (Å²) in [5, 5.41) is 7.18. The molecule has 2 saturated heterocycles. The monoisotopic (exact) mass is 442 g/mol. The van der Waals surface area contributed by atoms with Crippen molar-refractivity contribution in [2.45, 2.75) is 25.4 Å². The summed E-state index contributed by atoms with van der Waals surface area (Å²) in [7, 11) is 1.88. The van der Waals surface area contributed by atoms with Crippen LogP contribution < -0.4 is 5.32 Å². The van der Waals surface area contributed by atoms with E-state index in [0.29, 0.717) is 0 Å². The van der Waals surface area contributed by atoms with Gasteiger partial charge in [0.25, 0.3) is 0 Å². The number of rotatable bonds is 6. The van der Waals surface area contributed by atoms with Gasteiger partial charge in [0, 0.05) is 80.7 Å². The molecule has 0 radical (unpaired) electrons. The lowest BCUT2D eigenvalue weighted by Gasteiger charge is -2.37. The Morgan fingerprint density at radius 3 is 2.85 bits per heavy atom. The van der Waals surface area contributed by atoms with Crippen molar-refractivity contribution in [3.63, 3.8) is 0 Å². The summed E-state index contributed by atoms with van der Waals surface area (Å²) in [5.41, 5.74) is 4.94. The van der Waals surface area contributed by atoms with Crippen LogP contribution in [0.25, 0.3) is 17.2 Å². The molecule has 2 aliphatic heterocycles. The first-order chi connectivity index (χ1) is 16.1. The van der Waals surface area contributed by atoms with E-state index < -0.39 is 0 Å². The van der Waals surface area contributed by atoms with E-state index >= 15 is 0 Å². The fraction of sp³-hybridized carbons (Fsp3) is 0.346. The van der Waals surface area contributed by atoms with Gasteiger partial charge >= 0.3 is 0 Å². The number of anilines is 1. The Hall–Kier alpha value is -3.29. The molecule has 1 atom stereocenters. The zero-order valence-corrected chi connectivity index (χ0v) is 19.0. The average molecular weight is 443 g/mol. The van der Waals surface area contributed by atoms with Crippen molar-refractivity contribution >= 4 is 17.7 Å². The number of carbonyl (C=O) groups excluding carboxylic acids is 1. The molecule has 2 aromatic heterocycles. The molecule has 2 aliphatic rings. The quantitative estimate of drug-likeness (QED) is 0.593. The van der Waals surface area contributed by atoms with E-state index in [-0.39, 0.29) is 5.91 Å². The number of nitrogens with one attached hydrogen (secondary N) is 1. The normalized spacial score (nSPS) is 19.1. The molecule has 7 heteroatoms. The highest BCUT2D eigenvalue weighted by molar-refractivity contribution is 6.02. The van der Waals surface area contributed by atoms with E-state index in [1.54, 1.807) is 29.2 Å². The zero-order chi connectivity index (χ0) is 22.6. The molecule has 5 rings (SSSR count). The molecule has 0 bridgehead atoms. The highest BCUT2D eigenvalue weighted by Gasteiger charge is 2.30. The third-order valence-electron chi connectivity index (χ3n) is 6.58. The van der Waals surface area contributed by atoms with Gasteiger partial charge in [0.15, 0.2) is 0 Å². The molecule has 1 amide bonds. The molecule has 0 saturated carbocycles. The summed E-state index contributed by atoms with van der Waals surface area (Å²) < 4.78 is 1.76. The third kappa shape index (κ3) is 5.21. The number of aryl methyl sites for hydroxylation is 1. The van der Waals surface area contributed by atoms with E-state index in [9.17, 15) is 4.79 Å². The van der Waals surface area contributed by atoms with Gasteiger partial charge in [-0.15, -0.1) is 0 Å². The number of pyridine rings is 1. The Morgan fingerprint density at radius 2 is 2.03 bits per heavy atom. The van der Waals surface area contributed by atoms with Crippen molar-refractivity contribution in [1.82, 2.24) is 24.6 Å². The standard InChI is InChI=1S/C26H30N6O/c1-30-18-22(16-28-30)25-10-11-27-15-21(25)6-9-26(33)29-23-7-4-20(5-8-23)17-31-13-14-32-12-2-3-24(32)19-31/h4-11,15-16,18,24H,2-3,12-14,17,19H2,1H3,(H,29,33)/b9-6+. The molecule has 7 nitrogen and oxygen atoms in total. The number of amides is 1. The first-order valence-electron chi connectivity index (χ1n) is 11.6. The number of benzene rings is 1. The van der Waals surface area contributed by atoms with E-state index in [1.807, 2.05) is 37.6 Å². The smallest absolute Gasteiger partial charge is 0.248 e. The molecule has 0 spiro atoms. The Bertz CT molecular complexity index is 1140. The van der Waals surface area contributed by atoms with Gasteiger partial charge in [-0.05, 0) is 54.8 Å². The third-order valence-corrected chi connectivity index (χ3v) is 6.58. The molecular weight excluding hydrogens is 412 g/mol. The van der Waals surface area contributed by atoms with Gasteiger partial charge in [-0.25, -0.2) is 0 Å². The van der Waals surface area contributed by atoms with Crippen molar-refractivity contribution in [2.24, 2.45) is 7.05 Å². The highest BCUT2D eigenvalue weighted by Crippen LogP contribution is 2.24. The van der Waals surface area contributed by atoms with Crippen LogP contribution in [0.2, 0.25) is 0 Å². The second kappa shape index (κ2) is 9.68. The van der Waals surface area contributed by atoms with Gasteiger partial charge in [-0.2, -0.15) is 5.10 Å². The molecule has 33 heavy (non-hydrogen) atoms. The van der Waals surface area contributed by atoms with Crippen LogP contribution in [0.3, 0.4) is 0 Å². The van der Waals surface area contributed by atoms with Crippen LogP contribution in [-0.2, 0) is 18.4 Å². The molecule has 1 unspecified atom stereocenters. The molecule has 1 N–H and O–H groups in total. The fourth-order valence-electron chi connectivity index (χ4n) is 4.86. The van der Waals surface area contributed by atoms with Crippen LogP contribution in [0.4, 0.5) is 5.69 Å². The Labute approximate surface area is 194 Å². The summed E-state index contributed by atoms with van der Waals surface area (Å²) in [5.74, 6) is -0.166. The van der Waals surface area contributed by atoms with Crippen molar-refractivity contribution in [3.05, 3.63) is 72.3 Å². The van der Waals surface area contributed by atoms with Gasteiger partial charge in [0.2, 0.25) is 5.91 Å². The number of fused-ring (bicyclic) bond motifs is 1. The van der Waals surface area contributed by atoms with Gasteiger partial charge < -0.3 is 5.32 Å². The lowest BCUT2D eigenvalue weighted by atomic mass is 10.0. The molecule has 3 aromatic rings. The van der Waals surface area contributed by atoms with Crippen molar-refractivity contribution in [2.75, 3.05) is 31.5 Å². The topological polar surface area (TPSA) is 66.3 Å². The Morgan fingerprint density at radius 1 is 1.15 bits per heavy atom. The van der Waals surface area contributed by atoms with E-state index in [0.717, 1.165) is 41.5 Å². The first kappa shape index (κ1) is 21.6. The van der Waals surface area contributed by atoms with Crippen LogP contribution in [0.1, 0.15) is 24.0 Å². The first-order valence-corrected chi connectivity index (χ1v) is 11.6. The van der Waals surface area contributed by atoms with Crippen LogP contribution in [0.5, 0.6) is 0 Å². The minimum Gasteiger partial charge on any atom is -0.323 e. The number of aromatic nitrogens is 3. The average Bonchev–Trinajstić information content (AvgIpc) is 3.48. The maximum atomic E-state index is 12.5. The minimum atomic E-state index is -0.166. The molecular formula is C26H30N6O. The van der Waals surface area contributed by atoms with Crippen LogP contribution in [0.15, 0.2) is 61.2 Å². The number of hydrogen-bond acceptors (Lipinski definition) is 5. The predicted molar refractivity (Wildman–Crippen MR) is 130 cm³/mol. The van der Waals surface area contributed by atoms with E-state index in [1.165, 1.54) is 38.0 Å². The number of nitrogens with zero attached hydrogens (tertiary/aromatic N) is 5. The number of hydrogen-bond donors (Lipinski definition) is 1. The summed E-state index contributed by atoms with van der Waals surface area (Å²) in [6, 6.07) is 10.9. The number of piperazine rings is 1. The molecule has 170 valence electrons. The maximum Gasteiger partial charge on any atom is 0.248 e. The summed E-state index contributed by atoms with van der Waals surface area (Å²) in [6.07, 6.45) is 13.3. The van der Waals surface area contributed by atoms with Crippen LogP contribution in [-0.4, -0.2) is 62.7 Å². The summed E-state index contributed by atoms with van der Waals surface area (Å²) >= 11 is 0. The fourth-order valence-corrected chi connectivity index (χ4v) is 4.86. The van der Waals surface area contributed by atoms with E-state index in [2.05, 4.69) is 37.3 Å². The largest absolute Gasteiger partial charge is 0.323 e. The second-order valence-corrected chi connectivity index (χ2v) is 8.95. The number of carbonyl (C=O) groups is 1. The molecule has 2 fully saturated rings. The maximum absolute atomic E-state index is 12.5. The second-order valence-electron chi connectivity index (χ2n) is 8.95. The van der Waals surface area contributed by atoms with Crippen molar-refractivity contribution in [1.29, 1.82) is 0 Å². The van der Waals surface area contributed by atoms with Gasteiger partial charge in [-0.1, -0.05) is 12.1 Å². The highest BCUT2D eigenvalue weighted by atomic mass is 16.1. The minimum absolute atomic E-state index is 0.166. The Balaban J connectivity index is 1.17. The molecule has 4 heterocycles. The van der Waals surface area contributed by atoms with Gasteiger partial charge in [0.05, 0.1) is 6.20 Å². The van der Waals surface area contributed by atoms with Crippen molar-refractivity contribution < 1.29 is 4.79 Å². The van der Waals surface area contributed by atoms with Crippen molar-refractivity contribution in [3.8, 4) is 11.1 Å². The summed E-state index contributed by atoms with van der Waals surface area (Å²) in [6.45, 7) is 5.72. The van der Waals surface area contributed by atoms with Gasteiger partial charge in [-0.3, -0.25) is 24.3 Å². The SMILES string of the molecule is Cn1cc(-c2ccncc2/C=C/C(=O)Nc2ccc(CN3CCN4CCCC4C3)cc2)cn1. The van der Waals surface area contributed by atoms with Crippen LogP contribution in [0, 0.1) is 0 Å². The van der Waals surface area contributed by atoms with Gasteiger partial charge in [0.1, 0.15) is 0 Å². The summed E-state index contributed by atoms with van der Waals surface area (Å²) in [4.78, 5) is 21.9. The predicted octanol–water partition coefficient (Wildman–Crippen LogP) is 3.41. The molecule has 1 aromatic carbocycles. The zero-order valence-electron chi connectivity index (χ0n) is 19.0. The van der Waals surface area contributed by atoms with E-state index in [4.69, 9.17) is 0 Å². The Kier molecular flexibility index (Phi) is 6.32. The lowest BCUT2D eigenvalue weighted by molar-refractivity contribution is -0.111. The van der Waals surface area contributed by atoms with Crippen LogP contribution >= 0.6 is 0 Å². The lowest BCUT2D eigenvalue weighted by Crippen LogP contribution is -2.49. The molecule has 0 aliphatic carbocycles.